The molecule has 4 aromatic rings. The zero-order valence-electron chi connectivity index (χ0n) is 22.0. The monoisotopic (exact) mass is 511 g/mol. The van der Waals surface area contributed by atoms with E-state index in [2.05, 4.69) is 33.2 Å². The maximum atomic E-state index is 14.6. The van der Waals surface area contributed by atoms with Crippen molar-refractivity contribution in [2.24, 2.45) is 5.73 Å². The molecule has 0 radical (unpaired) electrons. The second-order valence-corrected chi connectivity index (χ2v) is 10.1. The van der Waals surface area contributed by atoms with E-state index in [1.54, 1.807) is 18.5 Å². The first-order valence-electron chi connectivity index (χ1n) is 13.4. The minimum absolute atomic E-state index is 0.0775. The third-order valence-corrected chi connectivity index (χ3v) is 7.33. The molecule has 196 valence electrons. The van der Waals surface area contributed by atoms with Crippen molar-refractivity contribution in [3.05, 3.63) is 89.0 Å². The van der Waals surface area contributed by atoms with Crippen LogP contribution in [-0.2, 0) is 13.0 Å². The zero-order chi connectivity index (χ0) is 26.6. The summed E-state index contributed by atoms with van der Waals surface area (Å²) in [6, 6.07) is 16.8. The van der Waals surface area contributed by atoms with Gasteiger partial charge in [0.05, 0.1) is 5.52 Å². The fourth-order valence-corrected chi connectivity index (χ4v) is 5.30. The molecule has 1 amide bonds. The van der Waals surface area contributed by atoms with Crippen LogP contribution in [0.15, 0.2) is 60.9 Å². The number of nitrogens with zero attached hydrogens (tertiary/aromatic N) is 3. The number of nitrogens with two attached hydrogens (primary N) is 1. The Bertz CT molecular complexity index is 1470. The van der Waals surface area contributed by atoms with E-state index in [-0.39, 0.29) is 17.8 Å². The van der Waals surface area contributed by atoms with Crippen molar-refractivity contribution in [1.29, 1.82) is 0 Å². The number of carbonyl (C=O) groups is 1. The lowest BCUT2D eigenvalue weighted by Gasteiger charge is -2.31. The molecule has 6 nitrogen and oxygen atoms in total. The number of halogens is 1. The number of benzene rings is 3. The Hall–Kier alpha value is -3.84. The Balaban J connectivity index is 1.40. The topological polar surface area (TPSA) is 84.1 Å². The van der Waals surface area contributed by atoms with E-state index >= 15 is 0 Å². The van der Waals surface area contributed by atoms with E-state index in [1.807, 2.05) is 37.3 Å². The van der Waals surface area contributed by atoms with Crippen LogP contribution in [0, 0.1) is 12.7 Å². The largest absolute Gasteiger partial charge is 0.352 e. The lowest BCUT2D eigenvalue weighted by molar-refractivity contribution is 0.0952. The standard InChI is InChI=1S/C31H34FN5O/c1-3-6-25(33)11-13-34-31(38)22-10-9-21-12-14-37(18-24(21)16-22)30-27-17-23(26-7-4-5-8-28(26)32)15-20(2)29(27)35-19-36-30/h4-5,7-10,15-17,19,25H,3,6,11-14,18,33H2,1-2H3,(H,34,38). The van der Waals surface area contributed by atoms with Crippen molar-refractivity contribution in [1.82, 2.24) is 15.3 Å². The molecule has 0 aliphatic carbocycles. The molecule has 1 aromatic heterocycles. The molecule has 3 aromatic carbocycles. The number of hydrogen-bond acceptors (Lipinski definition) is 5. The van der Waals surface area contributed by atoms with Crippen LogP contribution < -0.4 is 16.0 Å². The van der Waals surface area contributed by atoms with Crippen LogP contribution in [-0.4, -0.2) is 35.0 Å². The van der Waals surface area contributed by atoms with Gasteiger partial charge < -0.3 is 16.0 Å². The van der Waals surface area contributed by atoms with E-state index in [0.29, 0.717) is 24.2 Å². The Kier molecular flexibility index (Phi) is 7.65. The average molecular weight is 512 g/mol. The molecule has 1 aliphatic rings. The highest BCUT2D eigenvalue weighted by Crippen LogP contribution is 2.34. The van der Waals surface area contributed by atoms with Crippen LogP contribution in [0.2, 0.25) is 0 Å². The van der Waals surface area contributed by atoms with Crippen molar-refractivity contribution >= 4 is 22.6 Å². The second kappa shape index (κ2) is 11.3. The highest BCUT2D eigenvalue weighted by Gasteiger charge is 2.22. The Morgan fingerprint density at radius 3 is 2.76 bits per heavy atom. The molecule has 0 fully saturated rings. The summed E-state index contributed by atoms with van der Waals surface area (Å²) in [7, 11) is 0. The van der Waals surface area contributed by atoms with Gasteiger partial charge in [-0.15, -0.1) is 0 Å². The van der Waals surface area contributed by atoms with E-state index in [0.717, 1.165) is 65.6 Å². The predicted molar refractivity (Wildman–Crippen MR) is 151 cm³/mol. The maximum Gasteiger partial charge on any atom is 0.251 e. The highest BCUT2D eigenvalue weighted by molar-refractivity contribution is 5.96. The molecule has 1 atom stereocenters. The third-order valence-electron chi connectivity index (χ3n) is 7.33. The summed E-state index contributed by atoms with van der Waals surface area (Å²) in [4.78, 5) is 24.2. The highest BCUT2D eigenvalue weighted by atomic mass is 19.1. The van der Waals surface area contributed by atoms with E-state index in [4.69, 9.17) is 5.73 Å². The van der Waals surface area contributed by atoms with Gasteiger partial charge in [-0.2, -0.15) is 0 Å². The van der Waals surface area contributed by atoms with E-state index < -0.39 is 0 Å². The summed E-state index contributed by atoms with van der Waals surface area (Å²) < 4.78 is 14.6. The Morgan fingerprint density at radius 1 is 1.11 bits per heavy atom. The molecule has 0 spiro atoms. The van der Waals surface area contributed by atoms with Crippen LogP contribution in [0.25, 0.3) is 22.0 Å². The molecule has 5 rings (SSSR count). The number of carbonyl (C=O) groups excluding carboxylic acids is 1. The molecule has 0 saturated carbocycles. The number of hydrogen-bond donors (Lipinski definition) is 2. The first-order chi connectivity index (χ1) is 18.4. The smallest absolute Gasteiger partial charge is 0.251 e. The molecule has 38 heavy (non-hydrogen) atoms. The van der Waals surface area contributed by atoms with Crippen molar-refractivity contribution in [3.8, 4) is 11.1 Å². The summed E-state index contributed by atoms with van der Waals surface area (Å²) in [5, 5.41) is 3.91. The SMILES string of the molecule is CCCC(N)CCNC(=O)c1ccc2c(c1)CN(c1ncnc3c(C)cc(-c4ccccc4F)cc13)CC2. The fourth-order valence-electron chi connectivity index (χ4n) is 5.30. The molecule has 3 N–H and O–H groups in total. The van der Waals surface area contributed by atoms with Gasteiger partial charge in [-0.25, -0.2) is 14.4 Å². The summed E-state index contributed by atoms with van der Waals surface area (Å²) in [5.74, 6) is 0.489. The first kappa shape index (κ1) is 25.8. The summed E-state index contributed by atoms with van der Waals surface area (Å²) in [6.45, 7) is 6.10. The molecular weight excluding hydrogens is 477 g/mol. The lowest BCUT2D eigenvalue weighted by atomic mass is 9.96. The van der Waals surface area contributed by atoms with Gasteiger partial charge in [0.1, 0.15) is 18.0 Å². The molecule has 7 heteroatoms. The molecular formula is C31H34FN5O. The van der Waals surface area contributed by atoms with Crippen LogP contribution >= 0.6 is 0 Å². The first-order valence-corrected chi connectivity index (χ1v) is 13.4. The van der Waals surface area contributed by atoms with Gasteiger partial charge in [-0.05, 0) is 78.8 Å². The van der Waals surface area contributed by atoms with E-state index in [1.165, 1.54) is 11.6 Å². The normalized spacial score (nSPS) is 13.8. The molecule has 0 saturated heterocycles. The van der Waals surface area contributed by atoms with Gasteiger partial charge in [0.15, 0.2) is 0 Å². The molecule has 2 heterocycles. The number of anilines is 1. The number of amides is 1. The number of aryl methyl sites for hydroxylation is 1. The maximum absolute atomic E-state index is 14.6. The summed E-state index contributed by atoms with van der Waals surface area (Å²) >= 11 is 0. The van der Waals surface area contributed by atoms with Crippen LogP contribution in [0.5, 0.6) is 0 Å². The Labute approximate surface area is 223 Å². The summed E-state index contributed by atoms with van der Waals surface area (Å²) in [5.41, 5.74) is 12.3. The number of fused-ring (bicyclic) bond motifs is 2. The van der Waals surface area contributed by atoms with E-state index in [9.17, 15) is 9.18 Å². The van der Waals surface area contributed by atoms with Crippen LogP contribution in [0.3, 0.4) is 0 Å². The third kappa shape index (κ3) is 5.38. The molecule has 0 bridgehead atoms. The van der Waals surface area contributed by atoms with Gasteiger partial charge in [0.25, 0.3) is 5.91 Å². The number of aromatic nitrogens is 2. The van der Waals surface area contributed by atoms with Crippen LogP contribution in [0.4, 0.5) is 10.2 Å². The van der Waals surface area contributed by atoms with Crippen molar-refractivity contribution in [3.63, 3.8) is 0 Å². The quantitative estimate of drug-likeness (QED) is 0.324. The minimum atomic E-state index is -0.255. The number of rotatable bonds is 8. The van der Waals surface area contributed by atoms with Gasteiger partial charge in [-0.3, -0.25) is 4.79 Å². The van der Waals surface area contributed by atoms with Crippen molar-refractivity contribution in [2.45, 2.75) is 52.1 Å². The molecule has 1 unspecified atom stereocenters. The number of nitrogens with one attached hydrogen (secondary N) is 1. The van der Waals surface area contributed by atoms with Gasteiger partial charge in [-0.1, -0.05) is 37.6 Å². The molecule has 1 aliphatic heterocycles. The second-order valence-electron chi connectivity index (χ2n) is 10.1. The van der Waals surface area contributed by atoms with Gasteiger partial charge in [0, 0.05) is 42.2 Å². The lowest BCUT2D eigenvalue weighted by Crippen LogP contribution is -2.32. The predicted octanol–water partition coefficient (Wildman–Crippen LogP) is 5.55. The van der Waals surface area contributed by atoms with Gasteiger partial charge >= 0.3 is 0 Å². The van der Waals surface area contributed by atoms with Crippen molar-refractivity contribution < 1.29 is 9.18 Å². The van der Waals surface area contributed by atoms with Gasteiger partial charge in [0.2, 0.25) is 0 Å². The van der Waals surface area contributed by atoms with Crippen molar-refractivity contribution in [2.75, 3.05) is 18.0 Å². The zero-order valence-corrected chi connectivity index (χ0v) is 22.0. The van der Waals surface area contributed by atoms with Crippen LogP contribution in [0.1, 0.15) is 53.2 Å². The average Bonchev–Trinajstić information content (AvgIpc) is 2.92. The Morgan fingerprint density at radius 2 is 1.95 bits per heavy atom. The minimum Gasteiger partial charge on any atom is -0.352 e. The fraction of sp³-hybridized carbons (Fsp3) is 0.323. The summed E-state index contributed by atoms with van der Waals surface area (Å²) in [6.07, 6.45) is 5.22.